The number of amides is 1. The molecule has 0 saturated carbocycles. The molecular formula is C27H21NO8. The van der Waals surface area contributed by atoms with Crippen molar-refractivity contribution < 1.29 is 32.9 Å². The van der Waals surface area contributed by atoms with E-state index in [-0.39, 0.29) is 12.4 Å². The summed E-state index contributed by atoms with van der Waals surface area (Å²) in [6.45, 7) is 0.0427. The lowest BCUT2D eigenvalue weighted by Crippen LogP contribution is -2.35. The van der Waals surface area contributed by atoms with Crippen molar-refractivity contribution in [3.05, 3.63) is 82.2 Å². The number of rotatable bonds is 5. The summed E-state index contributed by atoms with van der Waals surface area (Å²) in [5, 5.41) is 3.48. The van der Waals surface area contributed by atoms with Crippen molar-refractivity contribution in [2.75, 3.05) is 26.3 Å². The van der Waals surface area contributed by atoms with Crippen LogP contribution in [0.1, 0.15) is 17.0 Å². The van der Waals surface area contributed by atoms with E-state index >= 15 is 0 Å². The van der Waals surface area contributed by atoms with Crippen LogP contribution in [0, 0.1) is 0 Å². The van der Waals surface area contributed by atoms with Crippen molar-refractivity contribution in [1.29, 1.82) is 0 Å². The average Bonchev–Trinajstić information content (AvgIpc) is 3.54. The number of hydrogen-bond donors (Lipinski definition) is 1. The van der Waals surface area contributed by atoms with Gasteiger partial charge in [-0.25, -0.2) is 4.79 Å². The van der Waals surface area contributed by atoms with Gasteiger partial charge in [0.1, 0.15) is 17.1 Å². The van der Waals surface area contributed by atoms with Gasteiger partial charge in [-0.2, -0.15) is 0 Å². The largest absolute Gasteiger partial charge is 0.497 e. The Balaban J connectivity index is 1.48. The van der Waals surface area contributed by atoms with Crippen LogP contribution in [0.4, 0.5) is 5.69 Å². The summed E-state index contributed by atoms with van der Waals surface area (Å²) in [6, 6.07) is 17.4. The van der Waals surface area contributed by atoms with Gasteiger partial charge in [0.25, 0.3) is 5.91 Å². The third-order valence-electron chi connectivity index (χ3n) is 6.31. The molecule has 0 bridgehead atoms. The third-order valence-corrected chi connectivity index (χ3v) is 6.31. The Morgan fingerprint density at radius 1 is 0.972 bits per heavy atom. The highest BCUT2D eigenvalue weighted by Gasteiger charge is 2.45. The topological polar surface area (TPSA) is 105 Å². The number of carbonyl (C=O) groups is 1. The summed E-state index contributed by atoms with van der Waals surface area (Å²) >= 11 is 0. The molecule has 2 aliphatic heterocycles. The van der Waals surface area contributed by atoms with E-state index < -0.39 is 23.6 Å². The van der Waals surface area contributed by atoms with Crippen molar-refractivity contribution in [2.45, 2.75) is 12.0 Å². The maximum absolute atomic E-state index is 13.6. The molecule has 36 heavy (non-hydrogen) atoms. The standard InChI is InChI=1S/C27H21NO8/c1-31-16-9-7-15(8-10-16)28-26(29)25-21(14-11-19(32-2)24-20(12-14)33-13-34-24)22-23(36-25)17-5-3-4-6-18(17)35-27(22)30/h3-12,21,25H,13H2,1-2H3,(H,28,29). The number of nitrogens with one attached hydrogen (secondary N) is 1. The molecule has 2 atom stereocenters. The minimum absolute atomic E-state index is 0.0427. The molecule has 4 aromatic rings. The maximum atomic E-state index is 13.6. The first-order valence-electron chi connectivity index (χ1n) is 11.2. The Morgan fingerprint density at radius 3 is 2.56 bits per heavy atom. The zero-order valence-electron chi connectivity index (χ0n) is 19.4. The third kappa shape index (κ3) is 3.48. The van der Waals surface area contributed by atoms with E-state index in [1.165, 1.54) is 7.11 Å². The molecule has 0 spiro atoms. The molecule has 9 heteroatoms. The summed E-state index contributed by atoms with van der Waals surface area (Å²) in [7, 11) is 3.08. The molecule has 2 unspecified atom stereocenters. The van der Waals surface area contributed by atoms with Crippen LogP contribution in [-0.4, -0.2) is 33.0 Å². The zero-order chi connectivity index (χ0) is 24.8. The van der Waals surface area contributed by atoms with Crippen molar-refractivity contribution in [1.82, 2.24) is 0 Å². The van der Waals surface area contributed by atoms with Gasteiger partial charge < -0.3 is 33.4 Å². The quantitative estimate of drug-likeness (QED) is 0.420. The minimum Gasteiger partial charge on any atom is -0.497 e. The molecule has 0 aliphatic carbocycles. The van der Waals surface area contributed by atoms with Gasteiger partial charge in [0.2, 0.25) is 12.5 Å². The number of hydrogen-bond acceptors (Lipinski definition) is 8. The predicted octanol–water partition coefficient (Wildman–Crippen LogP) is 4.07. The summed E-state index contributed by atoms with van der Waals surface area (Å²) < 4.78 is 33.6. The van der Waals surface area contributed by atoms with Crippen molar-refractivity contribution in [2.24, 2.45) is 0 Å². The molecule has 0 fully saturated rings. The Morgan fingerprint density at radius 2 is 1.78 bits per heavy atom. The van der Waals surface area contributed by atoms with Gasteiger partial charge in [0.15, 0.2) is 17.6 Å². The summed E-state index contributed by atoms with van der Waals surface area (Å²) in [5.41, 5.74) is 1.20. The molecule has 3 aromatic carbocycles. The van der Waals surface area contributed by atoms with Crippen molar-refractivity contribution in [3.8, 4) is 28.7 Å². The number of anilines is 1. The number of carbonyl (C=O) groups excluding carboxylic acids is 1. The Labute approximate surface area is 205 Å². The summed E-state index contributed by atoms with van der Waals surface area (Å²) in [6.07, 6.45) is -1.07. The van der Waals surface area contributed by atoms with Crippen LogP contribution in [0.2, 0.25) is 0 Å². The van der Waals surface area contributed by atoms with Crippen LogP contribution < -0.4 is 34.6 Å². The molecule has 0 radical (unpaired) electrons. The molecule has 0 saturated heterocycles. The van der Waals surface area contributed by atoms with Crippen molar-refractivity contribution >= 4 is 22.6 Å². The molecule has 1 aromatic heterocycles. The zero-order valence-corrected chi connectivity index (χ0v) is 19.4. The molecular weight excluding hydrogens is 466 g/mol. The van der Waals surface area contributed by atoms with E-state index in [1.54, 1.807) is 61.7 Å². The van der Waals surface area contributed by atoms with E-state index in [1.807, 2.05) is 6.07 Å². The van der Waals surface area contributed by atoms with Crippen LogP contribution in [-0.2, 0) is 4.79 Å². The first kappa shape index (κ1) is 21.8. The first-order valence-corrected chi connectivity index (χ1v) is 11.2. The number of benzene rings is 3. The second-order valence-electron chi connectivity index (χ2n) is 8.32. The fraction of sp³-hybridized carbons (Fsp3) is 0.185. The summed E-state index contributed by atoms with van der Waals surface area (Å²) in [4.78, 5) is 26.8. The number of para-hydroxylation sites is 1. The van der Waals surface area contributed by atoms with Crippen LogP contribution in [0.3, 0.4) is 0 Å². The Hall–Kier alpha value is -4.66. The highest BCUT2D eigenvalue weighted by molar-refractivity contribution is 5.97. The first-order chi connectivity index (χ1) is 17.6. The fourth-order valence-corrected chi connectivity index (χ4v) is 4.64. The van der Waals surface area contributed by atoms with Gasteiger partial charge >= 0.3 is 5.63 Å². The van der Waals surface area contributed by atoms with Gasteiger partial charge in [0, 0.05) is 5.69 Å². The minimum atomic E-state index is -1.07. The second-order valence-corrected chi connectivity index (χ2v) is 8.32. The normalized spacial score (nSPS) is 17.4. The molecule has 6 rings (SSSR count). The van der Waals surface area contributed by atoms with Gasteiger partial charge in [-0.15, -0.1) is 0 Å². The molecule has 2 aliphatic rings. The van der Waals surface area contributed by atoms with Crippen LogP contribution >= 0.6 is 0 Å². The van der Waals surface area contributed by atoms with E-state index in [4.69, 9.17) is 28.1 Å². The number of ether oxygens (including phenoxy) is 5. The van der Waals surface area contributed by atoms with Gasteiger partial charge in [-0.3, -0.25) is 4.79 Å². The number of fused-ring (bicyclic) bond motifs is 4. The maximum Gasteiger partial charge on any atom is 0.344 e. The summed E-state index contributed by atoms with van der Waals surface area (Å²) in [5.74, 6) is 1.10. The van der Waals surface area contributed by atoms with E-state index in [2.05, 4.69) is 5.32 Å². The lowest BCUT2D eigenvalue weighted by molar-refractivity contribution is -0.122. The second kappa shape index (κ2) is 8.53. The van der Waals surface area contributed by atoms with Crippen LogP contribution in [0.25, 0.3) is 11.0 Å². The van der Waals surface area contributed by atoms with Gasteiger partial charge in [-0.05, 0) is 54.1 Å². The van der Waals surface area contributed by atoms with Gasteiger partial charge in [0.05, 0.1) is 31.1 Å². The molecule has 1 amide bonds. The van der Waals surface area contributed by atoms with Gasteiger partial charge in [-0.1, -0.05) is 12.1 Å². The molecule has 182 valence electrons. The van der Waals surface area contributed by atoms with E-state index in [9.17, 15) is 9.59 Å². The Kier molecular flexibility index (Phi) is 5.18. The molecule has 9 nitrogen and oxygen atoms in total. The Bertz CT molecular complexity index is 1540. The highest BCUT2D eigenvalue weighted by atomic mass is 16.7. The average molecular weight is 487 g/mol. The van der Waals surface area contributed by atoms with Crippen LogP contribution in [0.15, 0.2) is 69.9 Å². The predicted molar refractivity (Wildman–Crippen MR) is 129 cm³/mol. The van der Waals surface area contributed by atoms with E-state index in [0.29, 0.717) is 51.0 Å². The molecule has 1 N–H and O–H groups in total. The monoisotopic (exact) mass is 487 g/mol. The van der Waals surface area contributed by atoms with E-state index in [0.717, 1.165) is 0 Å². The lowest BCUT2D eigenvalue weighted by atomic mass is 9.87. The smallest absolute Gasteiger partial charge is 0.344 e. The lowest BCUT2D eigenvalue weighted by Gasteiger charge is -2.20. The SMILES string of the molecule is COc1ccc(NC(=O)C2Oc3c(c(=O)oc4ccccc34)C2c2cc(OC)c3c(c2)OCO3)cc1. The fourth-order valence-electron chi connectivity index (χ4n) is 4.64. The number of methoxy groups -OCH3 is 2. The van der Waals surface area contributed by atoms with Crippen molar-refractivity contribution in [3.63, 3.8) is 0 Å². The molecule has 3 heterocycles. The van der Waals surface area contributed by atoms with Crippen LogP contribution in [0.5, 0.6) is 28.7 Å². The highest BCUT2D eigenvalue weighted by Crippen LogP contribution is 2.49.